The van der Waals surface area contributed by atoms with Crippen LogP contribution in [0.5, 0.6) is 0 Å². The van der Waals surface area contributed by atoms with Gasteiger partial charge in [-0.05, 0) is 30.9 Å². The van der Waals surface area contributed by atoms with Gasteiger partial charge >= 0.3 is 0 Å². The maximum absolute atomic E-state index is 12.5. The summed E-state index contributed by atoms with van der Waals surface area (Å²) in [5.74, 6) is 0. The van der Waals surface area contributed by atoms with E-state index in [0.29, 0.717) is 18.0 Å². The highest BCUT2D eigenvalue weighted by Crippen LogP contribution is 2.34. The number of benzene rings is 1. The van der Waals surface area contributed by atoms with Crippen LogP contribution in [0.2, 0.25) is 0 Å². The van der Waals surface area contributed by atoms with E-state index in [4.69, 9.17) is 0 Å². The van der Waals surface area contributed by atoms with Crippen molar-refractivity contribution >= 4 is 32.6 Å². The zero-order chi connectivity index (χ0) is 13.4. The van der Waals surface area contributed by atoms with Crippen molar-refractivity contribution in [1.29, 1.82) is 0 Å². The summed E-state index contributed by atoms with van der Waals surface area (Å²) in [7, 11) is -3.31. The van der Waals surface area contributed by atoms with E-state index in [9.17, 15) is 8.42 Å². The monoisotopic (exact) mass is 379 g/mol. The van der Waals surface area contributed by atoms with Crippen LogP contribution in [0.1, 0.15) is 18.9 Å². The van der Waals surface area contributed by atoms with Crippen molar-refractivity contribution in [3.8, 4) is 0 Å². The molecule has 3 nitrogen and oxygen atoms in total. The van der Waals surface area contributed by atoms with Gasteiger partial charge in [0.05, 0.1) is 4.90 Å². The summed E-state index contributed by atoms with van der Waals surface area (Å²) in [5, 5.41) is 0. The van der Waals surface area contributed by atoms with Crippen molar-refractivity contribution in [3.63, 3.8) is 0 Å². The molecule has 18 heavy (non-hydrogen) atoms. The molecule has 0 spiro atoms. The summed E-state index contributed by atoms with van der Waals surface area (Å²) >= 11 is 2.34. The molecule has 100 valence electrons. The fraction of sp³-hybridized carbons (Fsp3) is 0.538. The smallest absolute Gasteiger partial charge is 0.207 e. The molecule has 1 atom stereocenters. The third-order valence-electron chi connectivity index (χ3n) is 3.50. The Kier molecular flexibility index (Phi) is 4.04. The van der Waals surface area contributed by atoms with Gasteiger partial charge in [-0.2, -0.15) is 4.31 Å². The number of hydrogen-bond acceptors (Lipinski definition) is 2. The number of hydrogen-bond donors (Lipinski definition) is 0. The fourth-order valence-electron chi connectivity index (χ4n) is 2.15. The summed E-state index contributed by atoms with van der Waals surface area (Å²) in [5.41, 5.74) is 1.20. The zero-order valence-electron chi connectivity index (χ0n) is 10.7. The van der Waals surface area contributed by atoms with Crippen LogP contribution in [0.15, 0.2) is 29.2 Å². The summed E-state index contributed by atoms with van der Waals surface area (Å²) < 4.78 is 27.6. The van der Waals surface area contributed by atoms with Gasteiger partial charge in [0.1, 0.15) is 0 Å². The van der Waals surface area contributed by atoms with Crippen molar-refractivity contribution in [2.24, 2.45) is 5.41 Å². The lowest BCUT2D eigenvalue weighted by Crippen LogP contribution is -2.31. The second-order valence-electron chi connectivity index (χ2n) is 5.35. The maximum atomic E-state index is 12.5. The lowest BCUT2D eigenvalue weighted by atomic mass is 9.93. The average molecular weight is 379 g/mol. The lowest BCUT2D eigenvalue weighted by molar-refractivity contribution is 0.388. The molecule has 1 fully saturated rings. The van der Waals surface area contributed by atoms with Gasteiger partial charge < -0.3 is 0 Å². The molecule has 1 aliphatic heterocycles. The first kappa shape index (κ1) is 14.3. The van der Waals surface area contributed by atoms with E-state index in [2.05, 4.69) is 29.5 Å². The third kappa shape index (κ3) is 2.72. The van der Waals surface area contributed by atoms with Crippen LogP contribution in [0.25, 0.3) is 0 Å². The topological polar surface area (TPSA) is 37.4 Å². The van der Waals surface area contributed by atoms with Crippen LogP contribution in [0, 0.1) is 12.3 Å². The predicted molar refractivity (Wildman–Crippen MR) is 81.5 cm³/mol. The minimum Gasteiger partial charge on any atom is -0.207 e. The predicted octanol–water partition coefficient (Wildman–Crippen LogP) is 2.83. The van der Waals surface area contributed by atoms with Crippen LogP contribution in [0.3, 0.4) is 0 Å². The number of rotatable bonds is 3. The molecule has 0 saturated carbocycles. The Labute approximate surface area is 123 Å². The minimum atomic E-state index is -3.31. The number of sulfonamides is 1. The van der Waals surface area contributed by atoms with E-state index in [1.54, 1.807) is 16.4 Å². The summed E-state index contributed by atoms with van der Waals surface area (Å²) in [6.45, 7) is 5.38. The summed E-state index contributed by atoms with van der Waals surface area (Å²) in [6, 6.07) is 7.09. The van der Waals surface area contributed by atoms with Crippen LogP contribution in [-0.2, 0) is 10.0 Å². The van der Waals surface area contributed by atoms with Crippen LogP contribution in [0.4, 0.5) is 0 Å². The normalized spacial score (nSPS) is 25.5. The molecule has 1 saturated heterocycles. The van der Waals surface area contributed by atoms with Crippen molar-refractivity contribution in [3.05, 3.63) is 29.8 Å². The van der Waals surface area contributed by atoms with Crippen molar-refractivity contribution in [2.75, 3.05) is 17.5 Å². The van der Waals surface area contributed by atoms with Crippen molar-refractivity contribution in [2.45, 2.75) is 25.2 Å². The number of halogens is 1. The average Bonchev–Trinajstić information content (AvgIpc) is 2.74. The first-order chi connectivity index (χ1) is 8.37. The molecule has 2 rings (SSSR count). The Morgan fingerprint density at radius 3 is 2.44 bits per heavy atom. The molecule has 0 aliphatic carbocycles. The highest BCUT2D eigenvalue weighted by molar-refractivity contribution is 14.1. The van der Waals surface area contributed by atoms with E-state index in [1.807, 2.05) is 19.1 Å². The molecule has 0 bridgehead atoms. The number of nitrogens with zero attached hydrogens (tertiary/aromatic N) is 1. The standard InChI is InChI=1S/C13H18INO2S/c1-11-3-5-12(6-4-11)18(16,17)15-8-7-13(2,9-14)10-15/h3-6H,7-10H2,1-2H3. The molecule has 1 heterocycles. The van der Waals surface area contributed by atoms with Gasteiger partial charge in [-0.15, -0.1) is 0 Å². The Balaban J connectivity index is 2.25. The van der Waals surface area contributed by atoms with Gasteiger partial charge in [-0.1, -0.05) is 47.2 Å². The summed E-state index contributed by atoms with van der Waals surface area (Å²) in [6.07, 6.45) is 0.945. The van der Waals surface area contributed by atoms with E-state index in [1.165, 1.54) is 0 Å². The second-order valence-corrected chi connectivity index (χ2v) is 8.05. The molecule has 5 heteroatoms. The molecule has 1 unspecified atom stereocenters. The van der Waals surface area contributed by atoms with E-state index < -0.39 is 10.0 Å². The Hall–Kier alpha value is -0.140. The SMILES string of the molecule is Cc1ccc(S(=O)(=O)N2CCC(C)(CI)C2)cc1. The highest BCUT2D eigenvalue weighted by atomic mass is 127. The lowest BCUT2D eigenvalue weighted by Gasteiger charge is -2.21. The first-order valence-electron chi connectivity index (χ1n) is 6.00. The zero-order valence-corrected chi connectivity index (χ0v) is 13.7. The Morgan fingerprint density at radius 1 is 1.33 bits per heavy atom. The molecule has 1 aliphatic rings. The molecular weight excluding hydrogens is 361 g/mol. The molecule has 0 radical (unpaired) electrons. The fourth-order valence-corrected chi connectivity index (χ4v) is 4.37. The Morgan fingerprint density at radius 2 is 1.94 bits per heavy atom. The summed E-state index contributed by atoms with van der Waals surface area (Å²) in [4.78, 5) is 0.408. The van der Waals surface area contributed by atoms with Crippen LogP contribution < -0.4 is 0 Å². The van der Waals surface area contributed by atoms with E-state index in [-0.39, 0.29) is 5.41 Å². The second kappa shape index (κ2) is 5.09. The maximum Gasteiger partial charge on any atom is 0.243 e. The largest absolute Gasteiger partial charge is 0.243 e. The third-order valence-corrected chi connectivity index (χ3v) is 7.21. The van der Waals surface area contributed by atoms with Gasteiger partial charge in [0.25, 0.3) is 0 Å². The van der Waals surface area contributed by atoms with Crippen LogP contribution in [-0.4, -0.2) is 30.2 Å². The van der Waals surface area contributed by atoms with Crippen LogP contribution >= 0.6 is 22.6 Å². The number of aryl methyl sites for hydroxylation is 1. The minimum absolute atomic E-state index is 0.123. The quantitative estimate of drug-likeness (QED) is 0.598. The van der Waals surface area contributed by atoms with Crippen molar-refractivity contribution in [1.82, 2.24) is 4.31 Å². The van der Waals surface area contributed by atoms with Crippen molar-refractivity contribution < 1.29 is 8.42 Å². The van der Waals surface area contributed by atoms with Gasteiger partial charge in [-0.25, -0.2) is 8.42 Å². The van der Waals surface area contributed by atoms with E-state index >= 15 is 0 Å². The van der Waals surface area contributed by atoms with Gasteiger partial charge in [-0.3, -0.25) is 0 Å². The van der Waals surface area contributed by atoms with E-state index in [0.717, 1.165) is 16.4 Å². The van der Waals surface area contributed by atoms with Gasteiger partial charge in [0.2, 0.25) is 10.0 Å². The van der Waals surface area contributed by atoms with Gasteiger partial charge in [0, 0.05) is 17.5 Å². The molecule has 1 aromatic carbocycles. The molecule has 1 aromatic rings. The molecule has 0 N–H and O–H groups in total. The first-order valence-corrected chi connectivity index (χ1v) is 8.97. The Bertz CT molecular complexity index is 526. The molecular formula is C13H18INO2S. The van der Waals surface area contributed by atoms with Gasteiger partial charge in [0.15, 0.2) is 0 Å². The molecule has 0 aromatic heterocycles. The molecule has 0 amide bonds. The number of alkyl halides is 1. The highest BCUT2D eigenvalue weighted by Gasteiger charge is 2.38.